The van der Waals surface area contributed by atoms with E-state index in [4.69, 9.17) is 4.74 Å². The molecule has 7 rings (SSSR count). The molecule has 68 heavy (non-hydrogen) atoms. The number of thioether (sulfide) groups is 1. The molecule has 0 spiro atoms. The Labute approximate surface area is 439 Å². The van der Waals surface area contributed by atoms with Crippen molar-refractivity contribution < 1.29 is 4.74 Å². The van der Waals surface area contributed by atoms with Crippen LogP contribution in [0, 0.1) is 0 Å². The van der Waals surface area contributed by atoms with Crippen LogP contribution in [-0.2, 0) is 4.74 Å². The molecule has 0 bridgehead atoms. The van der Waals surface area contributed by atoms with Crippen molar-refractivity contribution in [1.29, 1.82) is 0 Å². The summed E-state index contributed by atoms with van der Waals surface area (Å²) in [5, 5.41) is 0. The highest BCUT2D eigenvalue weighted by atomic mass is 32.2. The van der Waals surface area contributed by atoms with E-state index in [1.54, 1.807) is 7.11 Å². The first kappa shape index (κ1) is 82.1. The summed E-state index contributed by atoms with van der Waals surface area (Å²) in [5.41, 5.74) is 0. The lowest BCUT2D eigenvalue weighted by molar-refractivity contribution is 0.0984. The molecule has 0 aromatic rings. The molecule has 1 atom stereocenters. The predicted molar refractivity (Wildman–Crippen MR) is 322 cm³/mol. The molecule has 6 heterocycles. The normalized spacial score (nSPS) is 20.9. The highest BCUT2D eigenvalue weighted by molar-refractivity contribution is 7.99. The quantitative estimate of drug-likeness (QED) is 0.212. The van der Waals surface area contributed by atoms with Gasteiger partial charge < -0.3 is 29.2 Å². The van der Waals surface area contributed by atoms with E-state index in [9.17, 15) is 0 Å². The highest BCUT2D eigenvalue weighted by Crippen LogP contribution is 2.23. The maximum atomic E-state index is 5.16. The van der Waals surface area contributed by atoms with Gasteiger partial charge in [-0.3, -0.25) is 9.80 Å². The minimum absolute atomic E-state index is 0. The monoisotopic (exact) mass is 994 g/mol. The van der Waals surface area contributed by atoms with E-state index in [0.29, 0.717) is 12.1 Å². The molecule has 7 fully saturated rings. The zero-order valence-corrected chi connectivity index (χ0v) is 45.1. The maximum Gasteiger partial charge on any atom is 0.0618 e. The maximum absolute atomic E-state index is 5.16. The fourth-order valence-corrected chi connectivity index (χ4v) is 10.4. The van der Waals surface area contributed by atoms with Gasteiger partial charge in [0, 0.05) is 79.7 Å². The molecular weight excluding hydrogens is 855 g/mol. The number of ether oxygens (including phenoxy) is 1. The Kier molecular flexibility index (Phi) is 59.4. The van der Waals surface area contributed by atoms with Crippen LogP contribution in [0.1, 0.15) is 239 Å². The number of hydrogen-bond acceptors (Lipinski definition) is 9. The fourth-order valence-electron chi connectivity index (χ4n) is 9.29. The van der Waals surface area contributed by atoms with Crippen molar-refractivity contribution in [3.05, 3.63) is 0 Å². The number of nitrogens with zero attached hydrogens (tertiary/aromatic N) is 7. The van der Waals surface area contributed by atoms with Gasteiger partial charge >= 0.3 is 0 Å². The van der Waals surface area contributed by atoms with Crippen LogP contribution >= 0.6 is 11.8 Å². The van der Waals surface area contributed by atoms with Crippen LogP contribution in [0.4, 0.5) is 0 Å². The topological polar surface area (TPSA) is 31.9 Å². The van der Waals surface area contributed by atoms with E-state index in [2.05, 4.69) is 138 Å². The lowest BCUT2D eigenvalue weighted by atomic mass is 10.1. The molecule has 1 saturated carbocycles. The summed E-state index contributed by atoms with van der Waals surface area (Å²) in [7, 11) is 4.04. The third-order valence-corrected chi connectivity index (χ3v) is 15.1. The average molecular weight is 995 g/mol. The lowest BCUT2D eigenvalue weighted by Crippen LogP contribution is -2.41. The summed E-state index contributed by atoms with van der Waals surface area (Å²) in [4.78, 5) is 17.6. The molecule has 9 heteroatoms. The van der Waals surface area contributed by atoms with Crippen molar-refractivity contribution >= 4 is 11.8 Å². The van der Waals surface area contributed by atoms with Crippen molar-refractivity contribution in [2.24, 2.45) is 0 Å². The summed E-state index contributed by atoms with van der Waals surface area (Å²) >= 11 is 2.04. The number of rotatable bonds is 10. The molecule has 1 unspecified atom stereocenters. The molecule has 0 aromatic heterocycles. The van der Waals surface area contributed by atoms with Crippen molar-refractivity contribution in [2.75, 3.05) is 97.8 Å². The Morgan fingerprint density at radius 2 is 0.765 bits per heavy atom. The second-order valence-electron chi connectivity index (χ2n) is 21.1. The van der Waals surface area contributed by atoms with Crippen LogP contribution in [0.3, 0.4) is 0 Å². The van der Waals surface area contributed by atoms with Crippen LogP contribution in [-0.4, -0.2) is 187 Å². The van der Waals surface area contributed by atoms with Gasteiger partial charge in [0.25, 0.3) is 0 Å². The Hall–Kier alpha value is 0.0300. The van der Waals surface area contributed by atoms with Crippen molar-refractivity contribution in [1.82, 2.24) is 34.3 Å². The van der Waals surface area contributed by atoms with E-state index >= 15 is 0 Å². The second kappa shape index (κ2) is 49.3. The third kappa shape index (κ3) is 36.9. The minimum Gasteiger partial charge on any atom is -0.383 e. The largest absolute Gasteiger partial charge is 0.383 e. The molecule has 0 amide bonds. The molecule has 0 N–H and O–H groups in total. The van der Waals surface area contributed by atoms with Gasteiger partial charge in [-0.2, -0.15) is 0 Å². The van der Waals surface area contributed by atoms with Crippen molar-refractivity contribution in [3.63, 3.8) is 0 Å². The number of piperidine rings is 1. The number of hydrogen-bond donors (Lipinski definition) is 0. The summed E-state index contributed by atoms with van der Waals surface area (Å²) in [5.74, 6) is 2.58. The number of methoxy groups -OCH3 is 1. The van der Waals surface area contributed by atoms with Crippen molar-refractivity contribution in [3.8, 4) is 0 Å². The standard InChI is InChI=1S/C9H19NO.C9H19N.C8H17N.2C7H15N.C6H13NS.C6H13N.7CH4/c1-8(2)10-6-4-5-9(10)7-11-3;1-8(2)10(3)9-6-4-5-7-9;1-8(2)9-6-4-3-5-7-9;2*1-7(2)8-5-3-4-6-8;1-6(2)7-3-4-8-5-7;1-6(2)7-4-3-5-7;;;;;;;/h8-9H,4-7H2,1-3H3;8-9H,4-7H2,1-3H3;8H,3-7H2,1-2H3;2*7H,3-6H2,1-2H3;6H,3-5H2,1-2H3;6H,3-5H2,1-2H3;7*1H4. The predicted octanol–water partition coefficient (Wildman–Crippen LogP) is 15.6. The van der Waals surface area contributed by atoms with Crippen LogP contribution in [0.2, 0.25) is 0 Å². The summed E-state index contributed by atoms with van der Waals surface area (Å²) in [6.07, 6.45) is 19.7. The van der Waals surface area contributed by atoms with Gasteiger partial charge in [-0.25, -0.2) is 0 Å². The minimum atomic E-state index is 0. The number of likely N-dealkylation sites (tertiary alicyclic amines) is 5. The van der Waals surface area contributed by atoms with E-state index < -0.39 is 0 Å². The molecule has 8 nitrogen and oxygen atoms in total. The van der Waals surface area contributed by atoms with Gasteiger partial charge in [0.1, 0.15) is 0 Å². The third-order valence-electron chi connectivity index (χ3n) is 14.2. The molecule has 0 aromatic carbocycles. The van der Waals surface area contributed by atoms with E-state index in [0.717, 1.165) is 48.9 Å². The molecular formula is C59H139N7OS. The highest BCUT2D eigenvalue weighted by Gasteiger charge is 2.26. The molecule has 6 aliphatic heterocycles. The van der Waals surface area contributed by atoms with Crippen LogP contribution < -0.4 is 0 Å². The summed E-state index contributed by atoms with van der Waals surface area (Å²) in [6.45, 7) is 45.8. The zero-order valence-electron chi connectivity index (χ0n) is 44.2. The second-order valence-corrected chi connectivity index (χ2v) is 22.1. The van der Waals surface area contributed by atoms with E-state index in [1.807, 2.05) is 11.8 Å². The van der Waals surface area contributed by atoms with Gasteiger partial charge in [-0.05, 0) is 234 Å². The molecule has 1 aliphatic carbocycles. The Morgan fingerprint density at radius 3 is 1.00 bits per heavy atom. The van der Waals surface area contributed by atoms with Crippen LogP contribution in [0.15, 0.2) is 0 Å². The SMILES string of the molecule is C.C.C.C.C.C.C.CC(C)N(C)C1CCCC1.CC(C)N1CCC1.CC(C)N1CCCC1.CC(C)N1CCCC1.CC(C)N1CCCCC1.CC(C)N1CCSC1.COCC1CCCN1C(C)C. The van der Waals surface area contributed by atoms with Gasteiger partial charge in [0.05, 0.1) is 6.61 Å². The zero-order chi connectivity index (χ0) is 45.7. The van der Waals surface area contributed by atoms with E-state index in [-0.39, 0.29) is 52.0 Å². The van der Waals surface area contributed by atoms with Gasteiger partial charge in [0.15, 0.2) is 0 Å². The van der Waals surface area contributed by atoms with Crippen LogP contribution in [0.5, 0.6) is 0 Å². The molecule has 422 valence electrons. The first-order valence-corrected chi connectivity index (χ1v) is 27.4. The summed E-state index contributed by atoms with van der Waals surface area (Å²) in [6, 6.07) is 6.83. The van der Waals surface area contributed by atoms with Crippen molar-refractivity contribution in [2.45, 2.75) is 293 Å². The van der Waals surface area contributed by atoms with Gasteiger partial charge in [0.2, 0.25) is 0 Å². The lowest BCUT2D eigenvalue weighted by Gasteiger charge is -2.34. The first-order chi connectivity index (χ1) is 29.0. The van der Waals surface area contributed by atoms with Crippen LogP contribution in [0.25, 0.3) is 0 Å². The Morgan fingerprint density at radius 1 is 0.412 bits per heavy atom. The average Bonchev–Trinajstić information content (AvgIpc) is 4.06. The molecule has 7 aliphatic rings. The molecule has 0 radical (unpaired) electrons. The van der Waals surface area contributed by atoms with E-state index in [1.165, 1.54) is 167 Å². The molecule has 6 saturated heterocycles. The summed E-state index contributed by atoms with van der Waals surface area (Å²) < 4.78 is 5.16. The first-order valence-electron chi connectivity index (χ1n) is 26.2. The Balaban J connectivity index is -0.000000126. The van der Waals surface area contributed by atoms with Gasteiger partial charge in [-0.1, -0.05) is 71.2 Å². The Bertz CT molecular complexity index is 917. The fraction of sp³-hybridized carbons (Fsp3) is 1.00. The van der Waals surface area contributed by atoms with Gasteiger partial charge in [-0.15, -0.1) is 11.8 Å². The smallest absolute Gasteiger partial charge is 0.0618 e.